The first-order valence-electron chi connectivity index (χ1n) is 6.68. The van der Waals surface area contributed by atoms with Gasteiger partial charge < -0.3 is 10.1 Å². The molecular formula is C16H11Br2N3O2. The SMILES string of the molecule is Cc1ccc(C(=O)N=Nc2c(O)[nH]c3c(Br)cc(Br)cc23)cc1. The maximum Gasteiger partial charge on any atom is 0.295 e. The van der Waals surface area contributed by atoms with Crippen molar-refractivity contribution in [2.75, 3.05) is 0 Å². The highest BCUT2D eigenvalue weighted by molar-refractivity contribution is 9.11. The van der Waals surface area contributed by atoms with E-state index in [2.05, 4.69) is 47.1 Å². The fourth-order valence-corrected chi connectivity index (χ4v) is 3.47. The van der Waals surface area contributed by atoms with Crippen molar-refractivity contribution in [3.63, 3.8) is 0 Å². The molecule has 116 valence electrons. The Morgan fingerprint density at radius 2 is 1.87 bits per heavy atom. The van der Waals surface area contributed by atoms with Crippen LogP contribution in [0.15, 0.2) is 55.6 Å². The lowest BCUT2D eigenvalue weighted by molar-refractivity contribution is 0.0995. The average molecular weight is 437 g/mol. The van der Waals surface area contributed by atoms with E-state index in [-0.39, 0.29) is 11.6 Å². The summed E-state index contributed by atoms with van der Waals surface area (Å²) in [6.45, 7) is 1.94. The second-order valence-electron chi connectivity index (χ2n) is 5.00. The van der Waals surface area contributed by atoms with Crippen LogP contribution in [-0.4, -0.2) is 16.0 Å². The molecule has 3 rings (SSSR count). The van der Waals surface area contributed by atoms with Crippen LogP contribution in [0, 0.1) is 6.92 Å². The number of nitrogens with zero attached hydrogens (tertiary/aromatic N) is 2. The topological polar surface area (TPSA) is 77.8 Å². The number of hydrogen-bond donors (Lipinski definition) is 2. The number of halogens is 2. The van der Waals surface area contributed by atoms with E-state index < -0.39 is 5.91 Å². The Bertz CT molecular complexity index is 931. The Labute approximate surface area is 148 Å². The highest BCUT2D eigenvalue weighted by Crippen LogP contribution is 2.40. The van der Waals surface area contributed by atoms with Crippen LogP contribution in [0.25, 0.3) is 10.9 Å². The molecule has 2 N–H and O–H groups in total. The van der Waals surface area contributed by atoms with Crippen LogP contribution < -0.4 is 0 Å². The molecule has 1 aromatic heterocycles. The van der Waals surface area contributed by atoms with Gasteiger partial charge in [-0.1, -0.05) is 33.6 Å². The van der Waals surface area contributed by atoms with E-state index in [1.54, 1.807) is 18.2 Å². The second-order valence-corrected chi connectivity index (χ2v) is 6.77. The number of fused-ring (bicyclic) bond motifs is 1. The highest BCUT2D eigenvalue weighted by Gasteiger charge is 2.14. The Morgan fingerprint density at radius 3 is 2.57 bits per heavy atom. The molecule has 5 nitrogen and oxygen atoms in total. The van der Waals surface area contributed by atoms with Gasteiger partial charge in [0.05, 0.1) is 5.52 Å². The average Bonchev–Trinajstić information content (AvgIpc) is 2.82. The van der Waals surface area contributed by atoms with Crippen LogP contribution in [0.5, 0.6) is 5.88 Å². The van der Waals surface area contributed by atoms with Crippen molar-refractivity contribution >= 4 is 54.4 Å². The molecule has 0 fully saturated rings. The van der Waals surface area contributed by atoms with Crippen LogP contribution in [0.3, 0.4) is 0 Å². The van der Waals surface area contributed by atoms with Gasteiger partial charge in [0.2, 0.25) is 5.88 Å². The van der Waals surface area contributed by atoms with E-state index in [9.17, 15) is 9.90 Å². The minimum atomic E-state index is -0.465. The number of aromatic hydroxyl groups is 1. The van der Waals surface area contributed by atoms with Crippen LogP contribution in [-0.2, 0) is 0 Å². The van der Waals surface area contributed by atoms with E-state index in [1.807, 2.05) is 25.1 Å². The molecule has 0 unspecified atom stereocenters. The molecule has 0 aliphatic carbocycles. The molecule has 0 saturated carbocycles. The smallest absolute Gasteiger partial charge is 0.295 e. The van der Waals surface area contributed by atoms with Gasteiger partial charge in [-0.3, -0.25) is 4.79 Å². The highest BCUT2D eigenvalue weighted by atomic mass is 79.9. The zero-order chi connectivity index (χ0) is 16.6. The molecule has 0 aliphatic heterocycles. The number of aromatic nitrogens is 1. The molecule has 0 spiro atoms. The third-order valence-corrected chi connectivity index (χ3v) is 4.40. The number of benzene rings is 2. The lowest BCUT2D eigenvalue weighted by atomic mass is 10.1. The maximum atomic E-state index is 12.1. The van der Waals surface area contributed by atoms with Crippen molar-refractivity contribution in [1.82, 2.24) is 4.98 Å². The zero-order valence-corrected chi connectivity index (χ0v) is 15.1. The predicted octanol–water partition coefficient (Wildman–Crippen LogP) is 5.63. The summed E-state index contributed by atoms with van der Waals surface area (Å²) >= 11 is 6.79. The molecule has 2 aromatic carbocycles. The predicted molar refractivity (Wildman–Crippen MR) is 95.4 cm³/mol. The molecule has 0 atom stereocenters. The van der Waals surface area contributed by atoms with Gasteiger partial charge in [-0.05, 0) is 47.1 Å². The van der Waals surface area contributed by atoms with Crippen molar-refractivity contribution in [3.8, 4) is 5.88 Å². The number of azo groups is 1. The first kappa shape index (κ1) is 15.9. The summed E-state index contributed by atoms with van der Waals surface area (Å²) in [5.41, 5.74) is 2.41. The molecule has 1 heterocycles. The second kappa shape index (κ2) is 6.25. The molecule has 0 radical (unpaired) electrons. The van der Waals surface area contributed by atoms with E-state index in [1.165, 1.54) is 0 Å². The standard InChI is InChI=1S/C16H11Br2N3O2/c1-8-2-4-9(5-3-8)15(22)21-20-14-11-6-10(17)7-12(18)13(11)19-16(14)23/h2-7,19,23H,1H3. The van der Waals surface area contributed by atoms with Crippen LogP contribution in [0.2, 0.25) is 0 Å². The molecule has 0 aliphatic rings. The molecule has 3 aromatic rings. The van der Waals surface area contributed by atoms with Gasteiger partial charge in [-0.2, -0.15) is 0 Å². The molecular weight excluding hydrogens is 426 g/mol. The van der Waals surface area contributed by atoms with Gasteiger partial charge in [0.25, 0.3) is 5.91 Å². The summed E-state index contributed by atoms with van der Waals surface area (Å²) in [5, 5.41) is 18.3. The third-order valence-electron chi connectivity index (χ3n) is 3.32. The van der Waals surface area contributed by atoms with Crippen LogP contribution in [0.1, 0.15) is 15.9 Å². The first-order chi connectivity index (χ1) is 11.0. The van der Waals surface area contributed by atoms with Gasteiger partial charge >= 0.3 is 0 Å². The number of aromatic amines is 1. The Kier molecular flexibility index (Phi) is 4.32. The number of rotatable bonds is 2. The number of nitrogens with one attached hydrogen (secondary N) is 1. The minimum absolute atomic E-state index is 0.140. The van der Waals surface area contributed by atoms with E-state index in [0.717, 1.165) is 14.5 Å². The lowest BCUT2D eigenvalue weighted by Crippen LogP contribution is -1.92. The summed E-state index contributed by atoms with van der Waals surface area (Å²) in [7, 11) is 0. The van der Waals surface area contributed by atoms with E-state index >= 15 is 0 Å². The quantitative estimate of drug-likeness (QED) is 0.510. The lowest BCUT2D eigenvalue weighted by Gasteiger charge is -1.97. The Hall–Kier alpha value is -1.99. The van der Waals surface area contributed by atoms with Crippen molar-refractivity contribution in [2.45, 2.75) is 6.92 Å². The van der Waals surface area contributed by atoms with E-state index in [0.29, 0.717) is 16.5 Å². The van der Waals surface area contributed by atoms with Crippen molar-refractivity contribution in [1.29, 1.82) is 0 Å². The fourth-order valence-electron chi connectivity index (χ4n) is 2.14. The molecule has 7 heteroatoms. The number of H-pyrrole nitrogens is 1. The van der Waals surface area contributed by atoms with E-state index in [4.69, 9.17) is 0 Å². The number of hydrogen-bond acceptors (Lipinski definition) is 3. The largest absolute Gasteiger partial charge is 0.493 e. The van der Waals surface area contributed by atoms with Crippen molar-refractivity contribution < 1.29 is 9.90 Å². The molecule has 0 bridgehead atoms. The minimum Gasteiger partial charge on any atom is -0.493 e. The Morgan fingerprint density at radius 1 is 1.17 bits per heavy atom. The number of aryl methyl sites for hydroxylation is 1. The van der Waals surface area contributed by atoms with Gasteiger partial charge in [0.15, 0.2) is 5.69 Å². The number of carbonyl (C=O) groups excluding carboxylic acids is 1. The zero-order valence-electron chi connectivity index (χ0n) is 12.0. The number of amides is 1. The molecule has 0 saturated heterocycles. The fraction of sp³-hybridized carbons (Fsp3) is 0.0625. The van der Waals surface area contributed by atoms with Gasteiger partial charge in [0.1, 0.15) is 0 Å². The van der Waals surface area contributed by atoms with Gasteiger partial charge in [-0.25, -0.2) is 0 Å². The van der Waals surface area contributed by atoms with Crippen LogP contribution >= 0.6 is 31.9 Å². The van der Waals surface area contributed by atoms with Gasteiger partial charge in [-0.15, -0.1) is 10.2 Å². The molecule has 23 heavy (non-hydrogen) atoms. The first-order valence-corrected chi connectivity index (χ1v) is 8.26. The summed E-state index contributed by atoms with van der Waals surface area (Å²) in [6.07, 6.45) is 0. The van der Waals surface area contributed by atoms with Crippen molar-refractivity contribution in [3.05, 3.63) is 56.5 Å². The summed E-state index contributed by atoms with van der Waals surface area (Å²) in [5.74, 6) is -0.605. The summed E-state index contributed by atoms with van der Waals surface area (Å²) < 4.78 is 1.58. The third kappa shape index (κ3) is 3.20. The monoisotopic (exact) mass is 435 g/mol. The Balaban J connectivity index is 1.99. The normalized spacial score (nSPS) is 11.4. The molecule has 1 amide bonds. The summed E-state index contributed by atoms with van der Waals surface area (Å²) in [4.78, 5) is 14.9. The summed E-state index contributed by atoms with van der Waals surface area (Å²) in [6, 6.07) is 10.7. The maximum absolute atomic E-state index is 12.1. The number of carbonyl (C=O) groups is 1. The van der Waals surface area contributed by atoms with Crippen molar-refractivity contribution in [2.24, 2.45) is 10.2 Å². The van der Waals surface area contributed by atoms with Gasteiger partial charge in [0, 0.05) is 19.9 Å². The van der Waals surface area contributed by atoms with Crippen LogP contribution in [0.4, 0.5) is 5.69 Å².